The van der Waals surface area contributed by atoms with Crippen LogP contribution in [0.3, 0.4) is 0 Å². The first-order valence-electron chi connectivity index (χ1n) is 4.79. The third kappa shape index (κ3) is 1.55. The summed E-state index contributed by atoms with van der Waals surface area (Å²) in [6, 6.07) is 8.20. The minimum Gasteiger partial charge on any atom is -0.352 e. The van der Waals surface area contributed by atoms with Gasteiger partial charge in [0.05, 0.1) is 16.4 Å². The van der Waals surface area contributed by atoms with Crippen molar-refractivity contribution in [3.8, 4) is 0 Å². The Bertz CT molecular complexity index is 578. The van der Waals surface area contributed by atoms with Gasteiger partial charge in [0.1, 0.15) is 5.70 Å². The second-order valence-electron chi connectivity index (χ2n) is 3.44. The van der Waals surface area contributed by atoms with Gasteiger partial charge in [-0.2, -0.15) is 4.28 Å². The van der Waals surface area contributed by atoms with Crippen LogP contribution in [-0.2, 0) is 4.28 Å². The number of benzene rings is 1. The summed E-state index contributed by atoms with van der Waals surface area (Å²) in [7, 11) is 0. The fourth-order valence-corrected chi connectivity index (χ4v) is 2.62. The zero-order valence-electron chi connectivity index (χ0n) is 8.53. The van der Waals surface area contributed by atoms with Gasteiger partial charge in [0.2, 0.25) is 0 Å². The Morgan fingerprint density at radius 2 is 2.19 bits per heavy atom. The lowest BCUT2D eigenvalue weighted by Crippen LogP contribution is -1.93. The summed E-state index contributed by atoms with van der Waals surface area (Å²) in [5.74, 6) is 0. The summed E-state index contributed by atoms with van der Waals surface area (Å²) < 4.78 is 6.37. The van der Waals surface area contributed by atoms with E-state index in [1.807, 2.05) is 24.6 Å². The molecule has 0 fully saturated rings. The van der Waals surface area contributed by atoms with E-state index < -0.39 is 0 Å². The number of hydrogen-bond acceptors (Lipinski definition) is 3. The van der Waals surface area contributed by atoms with Gasteiger partial charge in [-0.15, -0.1) is 0 Å². The summed E-state index contributed by atoms with van der Waals surface area (Å²) in [6.45, 7) is 0. The molecular formula is C11H9BrN2OS. The fraction of sp³-hybridized carbons (Fsp3) is 0.0909. The number of rotatable bonds is 3. The van der Waals surface area contributed by atoms with Crippen molar-refractivity contribution in [1.82, 2.24) is 10.0 Å². The minimum absolute atomic E-state index is 1.07. The molecule has 2 heterocycles. The Kier molecular flexibility index (Phi) is 2.46. The van der Waals surface area contributed by atoms with Gasteiger partial charge in [0.15, 0.2) is 0 Å². The predicted octanol–water partition coefficient (Wildman–Crippen LogP) is 3.75. The monoisotopic (exact) mass is 296 g/mol. The summed E-state index contributed by atoms with van der Waals surface area (Å²) in [5, 5.41) is 2.94. The van der Waals surface area contributed by atoms with Crippen LogP contribution in [0.1, 0.15) is 5.69 Å². The number of hydroxylamine groups is 2. The van der Waals surface area contributed by atoms with Gasteiger partial charge in [0.25, 0.3) is 0 Å². The highest BCUT2D eigenvalue weighted by molar-refractivity contribution is 9.10. The van der Waals surface area contributed by atoms with E-state index in [0.29, 0.717) is 0 Å². The minimum atomic E-state index is 1.07. The van der Waals surface area contributed by atoms with E-state index in [9.17, 15) is 0 Å². The van der Waals surface area contributed by atoms with Gasteiger partial charge in [-0.1, -0.05) is 18.2 Å². The maximum Gasteiger partial charge on any atom is 0.114 e. The Hall–Kier alpha value is -0.910. The molecule has 0 spiro atoms. The number of nitrogens with zero attached hydrogens (tertiary/aromatic N) is 1. The number of nitrogens with one attached hydrogen (secondary N) is 1. The third-order valence-electron chi connectivity index (χ3n) is 2.46. The first-order chi connectivity index (χ1) is 7.81. The van der Waals surface area contributed by atoms with Crippen LogP contribution in [0.2, 0.25) is 0 Å². The SMILES string of the molecule is CSON1C=C1c1[nH]c2ccccc2c1Br. The molecule has 1 aliphatic heterocycles. The van der Waals surface area contributed by atoms with Crippen molar-refractivity contribution >= 4 is 44.6 Å². The molecule has 82 valence electrons. The number of fused-ring (bicyclic) bond motifs is 1. The van der Waals surface area contributed by atoms with E-state index in [4.69, 9.17) is 4.28 Å². The number of aromatic amines is 1. The lowest BCUT2D eigenvalue weighted by Gasteiger charge is -2.01. The number of H-pyrrole nitrogens is 1. The largest absolute Gasteiger partial charge is 0.352 e. The molecule has 1 aromatic heterocycles. The molecule has 1 aromatic carbocycles. The van der Waals surface area contributed by atoms with E-state index in [1.165, 1.54) is 17.4 Å². The Labute approximate surface area is 106 Å². The van der Waals surface area contributed by atoms with Crippen molar-refractivity contribution in [3.05, 3.63) is 40.6 Å². The molecule has 0 saturated heterocycles. The van der Waals surface area contributed by atoms with Crippen LogP contribution in [-0.4, -0.2) is 16.3 Å². The van der Waals surface area contributed by atoms with Crippen molar-refractivity contribution in [3.63, 3.8) is 0 Å². The molecule has 0 aliphatic carbocycles. The van der Waals surface area contributed by atoms with E-state index in [1.54, 1.807) is 5.06 Å². The first kappa shape index (κ1) is 10.3. The number of aromatic nitrogens is 1. The van der Waals surface area contributed by atoms with Gasteiger partial charge in [-0.05, 0) is 22.0 Å². The Morgan fingerprint density at radius 3 is 2.94 bits per heavy atom. The van der Waals surface area contributed by atoms with Crippen LogP contribution < -0.4 is 0 Å². The molecule has 0 unspecified atom stereocenters. The van der Waals surface area contributed by atoms with Crippen molar-refractivity contribution in [2.75, 3.05) is 6.26 Å². The topological polar surface area (TPSA) is 28.0 Å². The van der Waals surface area contributed by atoms with Crippen LogP contribution in [0, 0.1) is 0 Å². The molecule has 3 rings (SSSR count). The van der Waals surface area contributed by atoms with Gasteiger partial charge in [-0.25, -0.2) is 5.06 Å². The number of halogens is 1. The second kappa shape index (κ2) is 3.84. The van der Waals surface area contributed by atoms with Gasteiger partial charge >= 0.3 is 0 Å². The van der Waals surface area contributed by atoms with Crippen LogP contribution in [0.5, 0.6) is 0 Å². The molecular weight excluding hydrogens is 288 g/mol. The van der Waals surface area contributed by atoms with Crippen molar-refractivity contribution in [2.24, 2.45) is 0 Å². The van der Waals surface area contributed by atoms with Crippen LogP contribution in [0.15, 0.2) is 34.9 Å². The van der Waals surface area contributed by atoms with E-state index in [2.05, 4.69) is 33.0 Å². The van der Waals surface area contributed by atoms with E-state index in [0.717, 1.165) is 21.4 Å². The second-order valence-corrected chi connectivity index (χ2v) is 4.72. The molecule has 0 saturated carbocycles. The maximum absolute atomic E-state index is 5.29. The molecule has 1 aliphatic rings. The molecule has 3 nitrogen and oxygen atoms in total. The average Bonchev–Trinajstić information content (AvgIpc) is 2.98. The molecule has 2 aromatic rings. The molecule has 0 radical (unpaired) electrons. The van der Waals surface area contributed by atoms with Gasteiger partial charge < -0.3 is 4.98 Å². The highest BCUT2D eigenvalue weighted by Crippen LogP contribution is 2.40. The van der Waals surface area contributed by atoms with Crippen LogP contribution in [0.4, 0.5) is 0 Å². The predicted molar refractivity (Wildman–Crippen MR) is 70.4 cm³/mol. The quantitative estimate of drug-likeness (QED) is 0.874. The average molecular weight is 297 g/mol. The zero-order valence-corrected chi connectivity index (χ0v) is 10.9. The third-order valence-corrected chi connectivity index (χ3v) is 3.60. The highest BCUT2D eigenvalue weighted by Gasteiger charge is 2.28. The normalized spacial score (nSPS) is 14.4. The molecule has 0 bridgehead atoms. The van der Waals surface area contributed by atoms with E-state index in [-0.39, 0.29) is 0 Å². The molecule has 1 N–H and O–H groups in total. The molecule has 16 heavy (non-hydrogen) atoms. The summed E-state index contributed by atoms with van der Waals surface area (Å²) in [4.78, 5) is 3.37. The molecule has 0 amide bonds. The molecule has 5 heteroatoms. The number of hydrogen-bond donors (Lipinski definition) is 1. The Morgan fingerprint density at radius 1 is 1.38 bits per heavy atom. The Balaban J connectivity index is 2.00. The summed E-state index contributed by atoms with van der Waals surface area (Å²) >= 11 is 4.94. The van der Waals surface area contributed by atoms with E-state index >= 15 is 0 Å². The number of para-hydroxylation sites is 1. The van der Waals surface area contributed by atoms with Crippen molar-refractivity contribution < 1.29 is 4.28 Å². The standard InChI is InChI=1S/C11H9BrN2OS/c1-16-15-14-6-9(14)11-10(12)7-4-2-3-5-8(7)13-11/h2-6,13H,1H3. The van der Waals surface area contributed by atoms with Crippen molar-refractivity contribution in [1.29, 1.82) is 0 Å². The van der Waals surface area contributed by atoms with Gasteiger partial charge in [0, 0.05) is 29.2 Å². The zero-order chi connectivity index (χ0) is 11.1. The summed E-state index contributed by atoms with van der Waals surface area (Å²) in [6.07, 6.45) is 3.84. The summed E-state index contributed by atoms with van der Waals surface area (Å²) in [5.41, 5.74) is 3.26. The van der Waals surface area contributed by atoms with Crippen LogP contribution >= 0.6 is 28.0 Å². The fourth-order valence-electron chi connectivity index (χ4n) is 1.68. The maximum atomic E-state index is 5.29. The molecule has 0 atom stereocenters. The van der Waals surface area contributed by atoms with Gasteiger partial charge in [-0.3, -0.25) is 0 Å². The van der Waals surface area contributed by atoms with Crippen molar-refractivity contribution in [2.45, 2.75) is 0 Å². The highest BCUT2D eigenvalue weighted by atomic mass is 79.9. The lowest BCUT2D eigenvalue weighted by atomic mass is 10.2. The van der Waals surface area contributed by atoms with Crippen LogP contribution in [0.25, 0.3) is 16.6 Å². The smallest absolute Gasteiger partial charge is 0.114 e. The lowest BCUT2D eigenvalue weighted by molar-refractivity contribution is 0.136. The first-order valence-corrected chi connectivity index (χ1v) is 6.74.